The molecule has 14 rings (SSSR count). The summed E-state index contributed by atoms with van der Waals surface area (Å²) in [6.07, 6.45) is 1.41. The molecular formula is C72H52O16. The molecule has 0 atom stereocenters. The Bertz CT molecular complexity index is 4790. The zero-order valence-corrected chi connectivity index (χ0v) is 47.0. The number of benzene rings is 14. The van der Waals surface area contributed by atoms with E-state index in [0.717, 1.165) is 86.2 Å². The molecule has 88 heavy (non-hydrogen) atoms. The number of fused-ring (bicyclic) bond motifs is 12. The number of aliphatic carboxylic acids is 4. The lowest BCUT2D eigenvalue weighted by atomic mass is 9.85. The second kappa shape index (κ2) is 22.8. The van der Waals surface area contributed by atoms with Gasteiger partial charge in [-0.05, 0) is 163 Å². The molecule has 0 heterocycles. The van der Waals surface area contributed by atoms with Gasteiger partial charge in [-0.2, -0.15) is 0 Å². The molecule has 16 heteroatoms. The van der Waals surface area contributed by atoms with Crippen LogP contribution in [-0.4, -0.2) is 70.7 Å². The molecule has 0 unspecified atom stereocenters. The van der Waals surface area contributed by atoms with E-state index in [9.17, 15) is 38.4 Å². The van der Waals surface area contributed by atoms with Gasteiger partial charge in [-0.3, -0.25) is 38.4 Å². The summed E-state index contributed by atoms with van der Waals surface area (Å²) in [5.41, 5.74) is -0.522. The van der Waals surface area contributed by atoms with Gasteiger partial charge in [0.1, 0.15) is 23.0 Å². The topological polar surface area (TPSA) is 254 Å². The molecule has 4 N–H and O–H groups in total. The Balaban J connectivity index is 0.000000162. The summed E-state index contributed by atoms with van der Waals surface area (Å²) >= 11 is 0. The predicted octanol–water partition coefficient (Wildman–Crippen LogP) is 13.4. The van der Waals surface area contributed by atoms with Gasteiger partial charge >= 0.3 is 23.9 Å². The second-order valence-electron chi connectivity index (χ2n) is 21.9. The zero-order chi connectivity index (χ0) is 61.1. The SMILES string of the molecule is O=C(O)CCCOc1ccc2c(c1)c(=O)c1cccc3c1c2c1cccc2c(=O)c4cc(OCCCC(=O)O)ccc4c3c21.O=C(O)CCCOc1ccc2c(c1)c(=O)c1cccc3c1c2c1cccc2c(=O)c4cc(OCCCC(=O)O)ccc4c3c21. The maximum Gasteiger partial charge on any atom is 0.303 e. The van der Waals surface area contributed by atoms with Crippen molar-refractivity contribution in [3.63, 3.8) is 0 Å². The lowest BCUT2D eigenvalue weighted by Crippen LogP contribution is -2.08. The molecule has 0 fully saturated rings. The van der Waals surface area contributed by atoms with Crippen LogP contribution in [0.5, 0.6) is 23.0 Å². The summed E-state index contributed by atoms with van der Waals surface area (Å²) in [7, 11) is 0. The number of hydrogen-bond donors (Lipinski definition) is 4. The van der Waals surface area contributed by atoms with E-state index in [1.54, 1.807) is 48.5 Å². The van der Waals surface area contributed by atoms with E-state index in [1.807, 2.05) is 97.1 Å². The highest BCUT2D eigenvalue weighted by molar-refractivity contribution is 6.43. The maximum absolute atomic E-state index is 14.0. The molecule has 14 aromatic rings. The van der Waals surface area contributed by atoms with Gasteiger partial charge in [-0.1, -0.05) is 72.8 Å². The van der Waals surface area contributed by atoms with Gasteiger partial charge in [-0.25, -0.2) is 0 Å². The van der Waals surface area contributed by atoms with Crippen LogP contribution in [0.25, 0.3) is 129 Å². The summed E-state index contributed by atoms with van der Waals surface area (Å²) in [6, 6.07) is 44.2. The largest absolute Gasteiger partial charge is 0.494 e. The summed E-state index contributed by atoms with van der Waals surface area (Å²) in [6.45, 7) is 0.880. The molecule has 0 saturated carbocycles. The average molecular weight is 1170 g/mol. The first kappa shape index (κ1) is 56.1. The smallest absolute Gasteiger partial charge is 0.303 e. The lowest BCUT2D eigenvalue weighted by molar-refractivity contribution is -0.138. The van der Waals surface area contributed by atoms with Crippen molar-refractivity contribution >= 4 is 153 Å². The molecule has 0 amide bonds. The lowest BCUT2D eigenvalue weighted by Gasteiger charge is -2.18. The number of carboxylic acids is 4. The fraction of sp³-hybridized carbons (Fsp3) is 0.167. The monoisotopic (exact) mass is 1170 g/mol. The number of carbonyl (C=O) groups is 4. The minimum atomic E-state index is -0.888. The molecular weight excluding hydrogens is 1120 g/mol. The Labute approximate surface area is 496 Å². The molecule has 14 aromatic carbocycles. The van der Waals surface area contributed by atoms with Crippen LogP contribution in [0.15, 0.2) is 165 Å². The Hall–Kier alpha value is -11.0. The van der Waals surface area contributed by atoms with E-state index >= 15 is 0 Å². The summed E-state index contributed by atoms with van der Waals surface area (Å²) in [5, 5.41) is 53.2. The van der Waals surface area contributed by atoms with Crippen LogP contribution in [0.4, 0.5) is 0 Å². The van der Waals surface area contributed by atoms with Crippen LogP contribution in [-0.2, 0) is 19.2 Å². The Kier molecular flexibility index (Phi) is 14.5. The molecule has 0 radical (unpaired) electrons. The van der Waals surface area contributed by atoms with Crippen LogP contribution in [0.1, 0.15) is 51.4 Å². The van der Waals surface area contributed by atoms with E-state index < -0.39 is 23.9 Å². The van der Waals surface area contributed by atoms with Gasteiger partial charge in [0.15, 0.2) is 21.7 Å². The third-order valence-corrected chi connectivity index (χ3v) is 16.5. The van der Waals surface area contributed by atoms with Crippen molar-refractivity contribution in [3.05, 3.63) is 186 Å². The molecule has 0 aliphatic rings. The maximum atomic E-state index is 14.0. The highest BCUT2D eigenvalue weighted by atomic mass is 16.5. The normalized spacial score (nSPS) is 11.8. The van der Waals surface area contributed by atoms with Crippen molar-refractivity contribution in [1.29, 1.82) is 0 Å². The van der Waals surface area contributed by atoms with Gasteiger partial charge in [0, 0.05) is 90.3 Å². The van der Waals surface area contributed by atoms with Gasteiger partial charge in [0.2, 0.25) is 0 Å². The van der Waals surface area contributed by atoms with E-state index in [4.69, 9.17) is 39.4 Å². The summed E-state index contributed by atoms with van der Waals surface area (Å²) < 4.78 is 23.2. The fourth-order valence-corrected chi connectivity index (χ4v) is 12.8. The van der Waals surface area contributed by atoms with E-state index in [2.05, 4.69) is 0 Å². The van der Waals surface area contributed by atoms with Crippen molar-refractivity contribution in [1.82, 2.24) is 0 Å². The zero-order valence-electron chi connectivity index (χ0n) is 47.0. The van der Waals surface area contributed by atoms with Crippen LogP contribution >= 0.6 is 0 Å². The van der Waals surface area contributed by atoms with Gasteiger partial charge in [0.05, 0.1) is 26.4 Å². The fourth-order valence-electron chi connectivity index (χ4n) is 12.8. The van der Waals surface area contributed by atoms with Crippen molar-refractivity contribution in [2.24, 2.45) is 0 Å². The molecule has 0 bridgehead atoms. The van der Waals surface area contributed by atoms with E-state index in [1.165, 1.54) is 0 Å². The molecule has 0 saturated heterocycles. The van der Waals surface area contributed by atoms with Crippen LogP contribution in [0.3, 0.4) is 0 Å². The minimum absolute atomic E-state index is 0.00111. The van der Waals surface area contributed by atoms with Gasteiger partial charge < -0.3 is 39.4 Å². The van der Waals surface area contributed by atoms with Crippen molar-refractivity contribution in [3.8, 4) is 23.0 Å². The standard InChI is InChI=1S/2C36H26O8/c2*37-29(38)9-3-15-43-19-12-14-22-27(17-19)35(41)25-7-1-5-23-31-21-13-11-20(44-16-4-10-30(39)40)18-28(21)36(42)26-8-2-6-24(34(26)31)32(22)33(23)25/h2*1-2,5-8,11-14,17-18H,3-4,9-10,15-16H2,(H,37,38)(H,39,40). The second-order valence-corrected chi connectivity index (χ2v) is 21.9. The Morgan fingerprint density at radius 3 is 0.648 bits per heavy atom. The third-order valence-electron chi connectivity index (χ3n) is 16.5. The van der Waals surface area contributed by atoms with E-state index in [-0.39, 0.29) is 73.8 Å². The van der Waals surface area contributed by atoms with Crippen LogP contribution in [0, 0.1) is 0 Å². The third kappa shape index (κ3) is 9.77. The minimum Gasteiger partial charge on any atom is -0.494 e. The Morgan fingerprint density at radius 1 is 0.250 bits per heavy atom. The number of carboxylic acid groups (broad SMARTS) is 4. The number of hydrogen-bond acceptors (Lipinski definition) is 12. The van der Waals surface area contributed by atoms with Crippen molar-refractivity contribution in [2.45, 2.75) is 51.4 Å². The molecule has 436 valence electrons. The predicted molar refractivity (Wildman–Crippen MR) is 342 cm³/mol. The molecule has 0 aliphatic heterocycles. The first-order valence-electron chi connectivity index (χ1n) is 28.8. The number of rotatable bonds is 20. The Morgan fingerprint density at radius 2 is 0.443 bits per heavy atom. The van der Waals surface area contributed by atoms with Crippen molar-refractivity contribution in [2.75, 3.05) is 26.4 Å². The first-order valence-corrected chi connectivity index (χ1v) is 28.8. The van der Waals surface area contributed by atoms with Gasteiger partial charge in [-0.15, -0.1) is 0 Å². The molecule has 16 nitrogen and oxygen atoms in total. The number of ether oxygens (including phenoxy) is 4. The highest BCUT2D eigenvalue weighted by Crippen LogP contribution is 2.47. The van der Waals surface area contributed by atoms with Crippen LogP contribution < -0.4 is 40.7 Å². The summed E-state index contributed by atoms with van der Waals surface area (Å²) in [4.78, 5) is 99.2. The van der Waals surface area contributed by atoms with Gasteiger partial charge in [0.25, 0.3) is 0 Å². The first-order chi connectivity index (χ1) is 42.7. The van der Waals surface area contributed by atoms with Crippen LogP contribution in [0.2, 0.25) is 0 Å². The summed E-state index contributed by atoms with van der Waals surface area (Å²) in [5.74, 6) is -1.59. The average Bonchev–Trinajstić information content (AvgIpc) is 0.715. The highest BCUT2D eigenvalue weighted by Gasteiger charge is 2.25. The molecule has 0 aromatic heterocycles. The van der Waals surface area contributed by atoms with E-state index in [0.29, 0.717) is 91.8 Å². The molecule has 0 spiro atoms. The quantitative estimate of drug-likeness (QED) is 0.0314. The molecule has 0 aliphatic carbocycles. The van der Waals surface area contributed by atoms with Crippen molar-refractivity contribution < 1.29 is 58.6 Å².